The number of halogens is 18. The number of aliphatic hydroxyl groups is 2. The second kappa shape index (κ2) is 16.8. The first-order valence-electron chi connectivity index (χ1n) is 18.7. The molecular weight excluding hydrogens is 970 g/mol. The lowest BCUT2D eigenvalue weighted by Gasteiger charge is -2.39. The monoisotopic (exact) mass is 998 g/mol. The lowest BCUT2D eigenvalue weighted by atomic mass is 9.71. The summed E-state index contributed by atoms with van der Waals surface area (Å²) < 4.78 is 262. The van der Waals surface area contributed by atoms with Gasteiger partial charge in [-0.05, 0) is 70.5 Å². The minimum Gasteiger partial charge on any atom is -0.369 e. The SMILES string of the molecule is CC(C)c1ccc(Cc2ccc(N(C)C(=O)c3cc(C(c4ccc5c(c4)C(=O)NC5=O)(C(F)(F)F)C(F)(F)F)ccc3C=O)c(C(O)(C(F)(F)F)C(F)(F)F)c2)cc1C(O)(C(F)(F)F)C(F)(F)F. The van der Waals surface area contributed by atoms with Crippen LogP contribution in [0, 0.1) is 0 Å². The molecular formula is C42H28F18N2O6. The van der Waals surface area contributed by atoms with E-state index < -0.39 is 151 Å². The fraction of sp³-hybridized carbons (Fsp3) is 0.333. The van der Waals surface area contributed by atoms with E-state index in [1.807, 2.05) is 0 Å². The Balaban J connectivity index is 1.76. The van der Waals surface area contributed by atoms with Gasteiger partial charge in [-0.25, -0.2) is 0 Å². The molecule has 0 saturated heterocycles. The number of carbonyl (C=O) groups is 4. The van der Waals surface area contributed by atoms with Crippen LogP contribution in [0.5, 0.6) is 0 Å². The number of carbonyl (C=O) groups excluding carboxylic acids is 4. The third-order valence-electron chi connectivity index (χ3n) is 11.2. The number of imide groups is 1. The number of nitrogens with zero attached hydrogens (tertiary/aromatic N) is 1. The number of nitrogens with one attached hydrogen (secondary N) is 1. The predicted octanol–water partition coefficient (Wildman–Crippen LogP) is 10.4. The Morgan fingerprint density at radius 1 is 0.588 bits per heavy atom. The third kappa shape index (κ3) is 8.31. The molecule has 0 aliphatic carbocycles. The minimum absolute atomic E-state index is 0.0373. The van der Waals surface area contributed by atoms with Crippen molar-refractivity contribution in [1.29, 1.82) is 0 Å². The first kappa shape index (κ1) is 52.8. The Bertz CT molecular complexity index is 2640. The number of fused-ring (bicyclic) bond motifs is 1. The lowest BCUT2D eigenvalue weighted by Crippen LogP contribution is -2.55. The van der Waals surface area contributed by atoms with Crippen LogP contribution in [0.15, 0.2) is 72.8 Å². The Labute approximate surface area is 369 Å². The summed E-state index contributed by atoms with van der Waals surface area (Å²) in [5.74, 6) is -5.94. The van der Waals surface area contributed by atoms with Crippen molar-refractivity contribution in [3.63, 3.8) is 0 Å². The number of benzene rings is 4. The van der Waals surface area contributed by atoms with Crippen LogP contribution in [0.25, 0.3) is 0 Å². The Morgan fingerprint density at radius 2 is 1.03 bits per heavy atom. The highest BCUT2D eigenvalue weighted by Crippen LogP contribution is 2.58. The predicted molar refractivity (Wildman–Crippen MR) is 197 cm³/mol. The number of hydrogen-bond acceptors (Lipinski definition) is 6. The molecule has 4 aromatic carbocycles. The molecule has 3 amide bonds. The molecule has 0 fully saturated rings. The molecule has 368 valence electrons. The van der Waals surface area contributed by atoms with Crippen LogP contribution in [0.4, 0.5) is 84.7 Å². The first-order valence-corrected chi connectivity index (χ1v) is 18.7. The molecule has 0 atom stereocenters. The molecule has 4 aromatic rings. The van der Waals surface area contributed by atoms with E-state index in [2.05, 4.69) is 0 Å². The molecule has 5 rings (SSSR count). The van der Waals surface area contributed by atoms with Crippen LogP contribution < -0.4 is 10.2 Å². The van der Waals surface area contributed by atoms with Crippen LogP contribution in [-0.2, 0) is 23.0 Å². The van der Waals surface area contributed by atoms with Gasteiger partial charge in [-0.3, -0.25) is 24.5 Å². The van der Waals surface area contributed by atoms with E-state index in [4.69, 9.17) is 0 Å². The summed E-state index contributed by atoms with van der Waals surface area (Å²) in [5.41, 5.74) is -33.3. The zero-order valence-electron chi connectivity index (χ0n) is 34.1. The van der Waals surface area contributed by atoms with Gasteiger partial charge in [0.25, 0.3) is 28.9 Å². The van der Waals surface area contributed by atoms with Crippen molar-refractivity contribution in [3.8, 4) is 0 Å². The quantitative estimate of drug-likeness (QED) is 0.0826. The van der Waals surface area contributed by atoms with Crippen LogP contribution in [-0.4, -0.2) is 78.3 Å². The number of amides is 3. The number of aldehydes is 1. The molecule has 0 saturated carbocycles. The van der Waals surface area contributed by atoms with E-state index in [-0.39, 0.29) is 59.7 Å². The smallest absolute Gasteiger partial charge is 0.369 e. The Hall–Kier alpha value is -6.18. The van der Waals surface area contributed by atoms with Crippen LogP contribution >= 0.6 is 0 Å². The molecule has 8 nitrogen and oxygen atoms in total. The maximum Gasteiger partial charge on any atom is 0.430 e. The first-order chi connectivity index (χ1) is 30.7. The van der Waals surface area contributed by atoms with E-state index in [0.717, 1.165) is 19.9 Å². The molecule has 3 N–H and O–H groups in total. The van der Waals surface area contributed by atoms with Crippen molar-refractivity contribution < 1.29 is 108 Å². The van der Waals surface area contributed by atoms with Gasteiger partial charge in [0, 0.05) is 23.7 Å². The summed E-state index contributed by atoms with van der Waals surface area (Å²) >= 11 is 0. The highest BCUT2D eigenvalue weighted by molar-refractivity contribution is 6.21. The highest BCUT2D eigenvalue weighted by atomic mass is 19.4. The van der Waals surface area contributed by atoms with Crippen LogP contribution in [0.1, 0.15) is 100 Å². The fourth-order valence-electron chi connectivity index (χ4n) is 7.72. The normalized spacial score (nSPS) is 14.6. The van der Waals surface area contributed by atoms with Crippen molar-refractivity contribution in [2.24, 2.45) is 0 Å². The van der Waals surface area contributed by atoms with Gasteiger partial charge in [0.05, 0.1) is 22.4 Å². The van der Waals surface area contributed by atoms with E-state index in [1.165, 1.54) is 0 Å². The summed E-state index contributed by atoms with van der Waals surface area (Å²) in [6.45, 7) is 2.22. The molecule has 1 heterocycles. The van der Waals surface area contributed by atoms with Gasteiger partial charge in [0.2, 0.25) is 5.41 Å². The topological polar surface area (TPSA) is 124 Å². The van der Waals surface area contributed by atoms with Gasteiger partial charge in [0.15, 0.2) is 6.29 Å². The van der Waals surface area contributed by atoms with Gasteiger partial charge in [-0.1, -0.05) is 56.3 Å². The largest absolute Gasteiger partial charge is 0.430 e. The fourth-order valence-corrected chi connectivity index (χ4v) is 7.72. The molecule has 26 heteroatoms. The molecule has 68 heavy (non-hydrogen) atoms. The third-order valence-corrected chi connectivity index (χ3v) is 11.2. The summed E-state index contributed by atoms with van der Waals surface area (Å²) in [7, 11) is 0.304. The molecule has 0 bridgehead atoms. The Kier molecular flexibility index (Phi) is 13.0. The van der Waals surface area contributed by atoms with Crippen molar-refractivity contribution in [2.45, 2.75) is 79.9 Å². The zero-order chi connectivity index (χ0) is 51.9. The maximum absolute atomic E-state index is 15.1. The number of hydrogen-bond donors (Lipinski definition) is 3. The van der Waals surface area contributed by atoms with Crippen molar-refractivity contribution in [3.05, 3.63) is 134 Å². The maximum atomic E-state index is 15.1. The standard InChI is InChI=1S/C42H28F18N2O6/c1-18(2)24-9-4-19(13-28(24)35(67,39(49,50)51)40(52,53)54)12-20-5-11-30(29(14-20)36(68,41(55,56)57)42(58,59)60)62(3)33(66)26-15-22(7-6-21(26)17-63)34(37(43,44)45,38(46,47)48)23-8-10-25-27(16-23)32(65)61-31(25)64/h4-11,13-18,67-68H,12H2,1-3H3,(H,61,64,65). The highest BCUT2D eigenvalue weighted by Gasteiger charge is 2.74. The molecule has 1 aliphatic heterocycles. The van der Waals surface area contributed by atoms with E-state index >= 15 is 26.3 Å². The van der Waals surface area contributed by atoms with E-state index in [1.54, 1.807) is 5.32 Å². The van der Waals surface area contributed by atoms with Crippen molar-refractivity contribution >= 4 is 29.7 Å². The number of alkyl halides is 18. The van der Waals surface area contributed by atoms with E-state index in [0.29, 0.717) is 25.2 Å². The van der Waals surface area contributed by atoms with E-state index in [9.17, 15) is 82.1 Å². The average molecular weight is 999 g/mol. The number of rotatable bonds is 10. The number of anilines is 1. The summed E-state index contributed by atoms with van der Waals surface area (Å²) in [5, 5.41) is 22.4. The Morgan fingerprint density at radius 3 is 1.50 bits per heavy atom. The van der Waals surface area contributed by atoms with Crippen LogP contribution in [0.2, 0.25) is 0 Å². The summed E-state index contributed by atoms with van der Waals surface area (Å²) in [6, 6.07) is 2.75. The van der Waals surface area contributed by atoms with Gasteiger partial charge in [0.1, 0.15) is 0 Å². The van der Waals surface area contributed by atoms with Gasteiger partial charge < -0.3 is 15.1 Å². The van der Waals surface area contributed by atoms with Crippen molar-refractivity contribution in [1.82, 2.24) is 5.32 Å². The molecule has 0 radical (unpaired) electrons. The van der Waals surface area contributed by atoms with Gasteiger partial charge >= 0.3 is 37.1 Å². The summed E-state index contributed by atoms with van der Waals surface area (Å²) in [6.07, 6.45) is -41.2. The molecule has 1 aliphatic rings. The van der Waals surface area contributed by atoms with Gasteiger partial charge in [-0.15, -0.1) is 0 Å². The lowest BCUT2D eigenvalue weighted by molar-refractivity contribution is -0.376. The second-order valence-corrected chi connectivity index (χ2v) is 15.6. The second-order valence-electron chi connectivity index (χ2n) is 15.6. The molecule has 0 spiro atoms. The average Bonchev–Trinajstić information content (AvgIpc) is 3.48. The van der Waals surface area contributed by atoms with Gasteiger partial charge in [-0.2, -0.15) is 79.0 Å². The molecule has 0 aromatic heterocycles. The zero-order valence-corrected chi connectivity index (χ0v) is 34.1. The minimum atomic E-state index is -6.84. The summed E-state index contributed by atoms with van der Waals surface area (Å²) in [4.78, 5) is 50.2. The van der Waals surface area contributed by atoms with Crippen LogP contribution in [0.3, 0.4) is 0 Å². The van der Waals surface area contributed by atoms with Crippen molar-refractivity contribution in [2.75, 3.05) is 11.9 Å². The molecule has 0 unspecified atom stereocenters.